The average Bonchev–Trinajstić information content (AvgIpc) is 3.42. The van der Waals surface area contributed by atoms with Crippen LogP contribution in [0.15, 0.2) is 24.3 Å². The highest BCUT2D eigenvalue weighted by Crippen LogP contribution is 2.27. The lowest BCUT2D eigenvalue weighted by molar-refractivity contribution is -0.332. The number of esters is 1. The van der Waals surface area contributed by atoms with E-state index >= 15 is 0 Å². The van der Waals surface area contributed by atoms with Gasteiger partial charge >= 0.3 is 5.97 Å². The summed E-state index contributed by atoms with van der Waals surface area (Å²) in [6.45, 7) is 3.72. The van der Waals surface area contributed by atoms with E-state index in [4.69, 9.17) is 28.4 Å². The van der Waals surface area contributed by atoms with Crippen LogP contribution in [0.3, 0.4) is 0 Å². The van der Waals surface area contributed by atoms with Gasteiger partial charge in [0.1, 0.15) is 54.9 Å². The molecule has 7 N–H and O–H groups in total. The molecule has 14 nitrogen and oxygen atoms in total. The summed E-state index contributed by atoms with van der Waals surface area (Å²) in [6.07, 6.45) is 41.0. The Morgan fingerprint density at radius 2 is 0.816 bits per heavy atom. The number of hydrogen-bond donors (Lipinski definition) is 7. The fraction of sp³-hybridized carbons (Fsp3) is 0.919. The van der Waals surface area contributed by atoms with Crippen molar-refractivity contribution in [3.8, 4) is 0 Å². The molecule has 0 spiro atoms. The molecule has 0 amide bonds. The number of allylic oxidation sites excluding steroid dienone is 4. The van der Waals surface area contributed by atoms with Gasteiger partial charge in [0.05, 0.1) is 26.4 Å². The molecule has 2 aliphatic rings. The summed E-state index contributed by atoms with van der Waals surface area (Å²) in [7, 11) is 0. The van der Waals surface area contributed by atoms with Crippen LogP contribution in [0.25, 0.3) is 0 Å². The first-order valence-corrected chi connectivity index (χ1v) is 31.4. The molecule has 2 heterocycles. The maximum atomic E-state index is 13.1. The molecule has 0 aromatic carbocycles. The van der Waals surface area contributed by atoms with E-state index in [0.717, 1.165) is 51.4 Å². The van der Waals surface area contributed by atoms with Crippen molar-refractivity contribution in [1.82, 2.24) is 0 Å². The molecule has 0 aromatic rings. The summed E-state index contributed by atoms with van der Waals surface area (Å²) >= 11 is 0. The highest BCUT2D eigenvalue weighted by atomic mass is 16.7. The molecule has 0 aromatic heterocycles. The Balaban J connectivity index is 1.67. The van der Waals surface area contributed by atoms with Crippen molar-refractivity contribution >= 4 is 5.97 Å². The van der Waals surface area contributed by atoms with E-state index < -0.39 is 80.7 Å². The van der Waals surface area contributed by atoms with Crippen LogP contribution in [0.4, 0.5) is 0 Å². The van der Waals surface area contributed by atoms with Crippen LogP contribution in [0.1, 0.15) is 264 Å². The zero-order valence-corrected chi connectivity index (χ0v) is 48.3. The standard InChI is InChI=1S/C62H116O14/c1-3-5-7-9-11-13-15-17-19-21-23-24-25-26-28-30-32-34-36-38-40-42-44-46-71-48-51(74-54(64)45-43-41-39-37-35-33-31-29-27-22-20-18-16-14-12-10-8-6-4-2)49-72-61-60(70)58(68)56(66)53(76-61)50-73-62-59(69)57(67)55(65)52(47-63)75-62/h12,14,18,20,51-53,55-63,65-70H,3-11,13,15-17,19,21-50H2,1-2H3/b14-12-,20-18-. The van der Waals surface area contributed by atoms with Gasteiger partial charge in [0.2, 0.25) is 0 Å². The van der Waals surface area contributed by atoms with Gasteiger partial charge in [-0.15, -0.1) is 0 Å². The first-order valence-electron chi connectivity index (χ1n) is 31.4. The first kappa shape index (κ1) is 70.6. The fourth-order valence-electron chi connectivity index (χ4n) is 10.1. The maximum absolute atomic E-state index is 13.1. The predicted octanol–water partition coefficient (Wildman–Crippen LogP) is 11.9. The van der Waals surface area contributed by atoms with Crippen LogP contribution in [-0.4, -0.2) is 142 Å². The topological polar surface area (TPSA) is 214 Å². The molecular weight excluding hydrogens is 969 g/mol. The van der Waals surface area contributed by atoms with Crippen molar-refractivity contribution in [2.75, 3.05) is 33.0 Å². The largest absolute Gasteiger partial charge is 0.457 e. The molecule has 0 saturated carbocycles. The van der Waals surface area contributed by atoms with Crippen LogP contribution in [0, 0.1) is 0 Å². The number of unbranched alkanes of at least 4 members (excludes halogenated alkanes) is 34. The molecule has 76 heavy (non-hydrogen) atoms. The predicted molar refractivity (Wildman–Crippen MR) is 303 cm³/mol. The van der Waals surface area contributed by atoms with Gasteiger partial charge in [-0.05, 0) is 44.9 Å². The summed E-state index contributed by atoms with van der Waals surface area (Å²) in [5, 5.41) is 72.4. The van der Waals surface area contributed by atoms with Crippen LogP contribution in [0.5, 0.6) is 0 Å². The highest BCUT2D eigenvalue weighted by molar-refractivity contribution is 5.69. The molecule has 0 bridgehead atoms. The van der Waals surface area contributed by atoms with Gasteiger partial charge in [0.15, 0.2) is 12.6 Å². The Kier molecular flexibility index (Phi) is 45.8. The van der Waals surface area contributed by atoms with E-state index in [9.17, 15) is 40.5 Å². The summed E-state index contributed by atoms with van der Waals surface area (Å²) in [5.74, 6) is -0.375. The number of aliphatic hydroxyl groups excluding tert-OH is 7. The van der Waals surface area contributed by atoms with Gasteiger partial charge in [-0.3, -0.25) is 4.79 Å². The van der Waals surface area contributed by atoms with Crippen molar-refractivity contribution in [2.24, 2.45) is 0 Å². The summed E-state index contributed by atoms with van der Waals surface area (Å²) in [6, 6.07) is 0. The smallest absolute Gasteiger partial charge is 0.306 e. The maximum Gasteiger partial charge on any atom is 0.306 e. The molecule has 2 rings (SSSR count). The Labute approximate surface area is 462 Å². The number of aliphatic hydroxyl groups is 7. The van der Waals surface area contributed by atoms with Gasteiger partial charge < -0.3 is 64.2 Å². The fourth-order valence-corrected chi connectivity index (χ4v) is 10.1. The summed E-state index contributed by atoms with van der Waals surface area (Å²) in [4.78, 5) is 13.1. The lowest BCUT2D eigenvalue weighted by Crippen LogP contribution is -2.61. The third-order valence-corrected chi connectivity index (χ3v) is 15.2. The van der Waals surface area contributed by atoms with E-state index in [2.05, 4.69) is 38.2 Å². The molecule has 14 heteroatoms. The molecule has 0 radical (unpaired) electrons. The first-order chi connectivity index (χ1) is 37.1. The molecule has 11 unspecified atom stereocenters. The second-order valence-corrected chi connectivity index (χ2v) is 22.2. The van der Waals surface area contributed by atoms with E-state index in [1.807, 2.05) is 0 Å². The zero-order valence-electron chi connectivity index (χ0n) is 48.3. The van der Waals surface area contributed by atoms with Crippen LogP contribution >= 0.6 is 0 Å². The van der Waals surface area contributed by atoms with E-state index in [0.29, 0.717) is 13.0 Å². The minimum absolute atomic E-state index is 0.0650. The molecule has 448 valence electrons. The minimum atomic E-state index is -1.71. The van der Waals surface area contributed by atoms with Crippen LogP contribution < -0.4 is 0 Å². The quantitative estimate of drug-likeness (QED) is 0.0172. The Bertz CT molecular complexity index is 1350. The van der Waals surface area contributed by atoms with Crippen molar-refractivity contribution in [3.63, 3.8) is 0 Å². The number of rotatable bonds is 52. The molecule has 2 aliphatic heterocycles. The molecular formula is C62H116O14. The normalized spacial score (nSPS) is 24.5. The third kappa shape index (κ3) is 35.3. The molecule has 2 saturated heterocycles. The Hall–Kier alpha value is -1.53. The monoisotopic (exact) mass is 1080 g/mol. The van der Waals surface area contributed by atoms with Crippen LogP contribution in [-0.2, 0) is 33.2 Å². The highest BCUT2D eigenvalue weighted by Gasteiger charge is 2.47. The zero-order chi connectivity index (χ0) is 55.1. The number of carbonyl (C=O) groups is 1. The number of carbonyl (C=O) groups excluding carboxylic acids is 1. The van der Waals surface area contributed by atoms with E-state index in [-0.39, 0.29) is 25.6 Å². The average molecular weight is 1090 g/mol. The van der Waals surface area contributed by atoms with Crippen molar-refractivity contribution < 1.29 is 69.0 Å². The number of hydrogen-bond acceptors (Lipinski definition) is 14. The third-order valence-electron chi connectivity index (χ3n) is 15.2. The van der Waals surface area contributed by atoms with E-state index in [1.54, 1.807) is 0 Å². The van der Waals surface area contributed by atoms with Gasteiger partial charge in [-0.1, -0.05) is 237 Å². The van der Waals surface area contributed by atoms with Crippen molar-refractivity contribution in [3.05, 3.63) is 24.3 Å². The molecule has 2 fully saturated rings. The molecule has 0 aliphatic carbocycles. The second kappa shape index (κ2) is 49.3. The van der Waals surface area contributed by atoms with Crippen LogP contribution in [0.2, 0.25) is 0 Å². The van der Waals surface area contributed by atoms with Crippen molar-refractivity contribution in [2.45, 2.75) is 332 Å². The van der Waals surface area contributed by atoms with Gasteiger partial charge in [0, 0.05) is 13.0 Å². The van der Waals surface area contributed by atoms with E-state index in [1.165, 1.54) is 186 Å². The van der Waals surface area contributed by atoms with Gasteiger partial charge in [-0.2, -0.15) is 0 Å². The minimum Gasteiger partial charge on any atom is -0.457 e. The Morgan fingerprint density at radius 1 is 0.434 bits per heavy atom. The van der Waals surface area contributed by atoms with Gasteiger partial charge in [-0.25, -0.2) is 0 Å². The molecule has 11 atom stereocenters. The Morgan fingerprint density at radius 3 is 1.29 bits per heavy atom. The SMILES string of the molecule is CCCCC/C=C\C/C=C\CCCCCCCCCCCC(=O)OC(COCCCCCCCCCCCCCCCCCCCCCCCCC)COC1OC(COC2OC(CO)C(O)C(O)C2O)C(O)C(O)C1O. The summed E-state index contributed by atoms with van der Waals surface area (Å²) < 4.78 is 34.5. The van der Waals surface area contributed by atoms with Gasteiger partial charge in [0.25, 0.3) is 0 Å². The second-order valence-electron chi connectivity index (χ2n) is 22.2. The lowest BCUT2D eigenvalue weighted by Gasteiger charge is -2.42. The lowest BCUT2D eigenvalue weighted by atomic mass is 9.98. The summed E-state index contributed by atoms with van der Waals surface area (Å²) in [5.41, 5.74) is 0. The number of ether oxygens (including phenoxy) is 6. The van der Waals surface area contributed by atoms with Crippen molar-refractivity contribution in [1.29, 1.82) is 0 Å².